The highest BCUT2D eigenvalue weighted by Crippen LogP contribution is 2.21. The highest BCUT2D eigenvalue weighted by molar-refractivity contribution is 5.90. The van der Waals surface area contributed by atoms with E-state index in [2.05, 4.69) is 4.98 Å². The lowest BCUT2D eigenvalue weighted by atomic mass is 10.3. The lowest BCUT2D eigenvalue weighted by molar-refractivity contribution is -0.390. The van der Waals surface area contributed by atoms with Crippen molar-refractivity contribution in [3.05, 3.63) is 39.7 Å². The summed E-state index contributed by atoms with van der Waals surface area (Å²) in [5.41, 5.74) is 0.482. The van der Waals surface area contributed by atoms with Gasteiger partial charge in [-0.2, -0.15) is 9.38 Å². The molecule has 0 fully saturated rings. The molecule has 1 N–H and O–H groups in total. The molecular formula is C9H7N3O4. The topological polar surface area (TPSA) is 97.7 Å². The molecule has 0 aliphatic rings. The smallest absolute Gasteiger partial charge is 0.363 e. The Balaban J connectivity index is 2.88. The maximum Gasteiger partial charge on any atom is 0.363 e. The monoisotopic (exact) mass is 221 g/mol. The second-order valence-electron chi connectivity index (χ2n) is 3.28. The quantitative estimate of drug-likeness (QED) is 0.607. The van der Waals surface area contributed by atoms with Crippen LogP contribution in [0.2, 0.25) is 0 Å². The van der Waals surface area contributed by atoms with E-state index in [4.69, 9.17) is 5.11 Å². The number of carboxylic acid groups (broad SMARTS) is 1. The second kappa shape index (κ2) is 3.30. The van der Waals surface area contributed by atoms with Crippen molar-refractivity contribution in [3.63, 3.8) is 0 Å². The van der Waals surface area contributed by atoms with Crippen molar-refractivity contribution in [3.8, 4) is 0 Å². The van der Waals surface area contributed by atoms with Gasteiger partial charge in [-0.1, -0.05) is 0 Å². The largest absolute Gasteiger partial charge is 0.476 e. The molecule has 2 rings (SSSR count). The SMILES string of the molecule is Cc1ccc2nc(C(=O)O)c([N+](=O)[O-])n2c1. The first-order valence-electron chi connectivity index (χ1n) is 4.37. The number of hydrogen-bond acceptors (Lipinski definition) is 4. The Bertz CT molecular complexity index is 602. The van der Waals surface area contributed by atoms with Crippen molar-refractivity contribution in [2.45, 2.75) is 6.92 Å². The van der Waals surface area contributed by atoms with Crippen molar-refractivity contribution in [2.75, 3.05) is 0 Å². The summed E-state index contributed by atoms with van der Waals surface area (Å²) >= 11 is 0. The molecule has 82 valence electrons. The van der Waals surface area contributed by atoms with Crippen LogP contribution in [-0.4, -0.2) is 25.4 Å². The fourth-order valence-electron chi connectivity index (χ4n) is 1.46. The lowest BCUT2D eigenvalue weighted by Crippen LogP contribution is -2.03. The third kappa shape index (κ3) is 1.38. The molecule has 7 nitrogen and oxygen atoms in total. The van der Waals surface area contributed by atoms with Gasteiger partial charge < -0.3 is 15.2 Å². The Morgan fingerprint density at radius 2 is 2.25 bits per heavy atom. The Morgan fingerprint density at radius 1 is 1.56 bits per heavy atom. The molecule has 0 bridgehead atoms. The molecule has 0 saturated carbocycles. The number of rotatable bonds is 2. The molecule has 2 heterocycles. The van der Waals surface area contributed by atoms with E-state index in [0.717, 1.165) is 5.56 Å². The van der Waals surface area contributed by atoms with Crippen molar-refractivity contribution < 1.29 is 14.8 Å². The van der Waals surface area contributed by atoms with E-state index in [-0.39, 0.29) is 5.65 Å². The molecular weight excluding hydrogens is 214 g/mol. The number of nitro groups is 1. The number of fused-ring (bicyclic) bond motifs is 1. The average molecular weight is 221 g/mol. The number of nitrogens with zero attached hydrogens (tertiary/aromatic N) is 3. The molecule has 0 saturated heterocycles. The summed E-state index contributed by atoms with van der Waals surface area (Å²) in [6.07, 6.45) is 1.48. The zero-order valence-electron chi connectivity index (χ0n) is 8.25. The first-order valence-corrected chi connectivity index (χ1v) is 4.37. The van der Waals surface area contributed by atoms with E-state index in [9.17, 15) is 14.9 Å². The van der Waals surface area contributed by atoms with Crippen molar-refractivity contribution in [2.24, 2.45) is 0 Å². The maximum absolute atomic E-state index is 10.8. The van der Waals surface area contributed by atoms with Gasteiger partial charge in [-0.05, 0) is 23.5 Å². The Hall–Kier alpha value is -2.44. The van der Waals surface area contributed by atoms with Crippen LogP contribution in [0, 0.1) is 17.0 Å². The van der Waals surface area contributed by atoms with Gasteiger partial charge in [-0.3, -0.25) is 0 Å². The Kier molecular flexibility index (Phi) is 2.08. The summed E-state index contributed by atoms with van der Waals surface area (Å²) in [4.78, 5) is 24.5. The van der Waals surface area contributed by atoms with Crippen LogP contribution < -0.4 is 0 Å². The molecule has 0 spiro atoms. The lowest BCUT2D eigenvalue weighted by Gasteiger charge is -1.95. The molecule has 0 aliphatic heterocycles. The average Bonchev–Trinajstić information content (AvgIpc) is 2.55. The summed E-state index contributed by atoms with van der Waals surface area (Å²) < 4.78 is 1.17. The molecule has 0 radical (unpaired) electrons. The number of carboxylic acids is 1. The van der Waals surface area contributed by atoms with Crippen molar-refractivity contribution in [1.82, 2.24) is 9.38 Å². The summed E-state index contributed by atoms with van der Waals surface area (Å²) in [6, 6.07) is 3.24. The van der Waals surface area contributed by atoms with Crippen LogP contribution in [0.5, 0.6) is 0 Å². The summed E-state index contributed by atoms with van der Waals surface area (Å²) in [5.74, 6) is -1.93. The standard InChI is InChI=1S/C9H7N3O4/c1-5-2-3-6-10-7(9(13)14)8(12(15)16)11(6)4-5/h2-4H,1H3,(H,13,14). The van der Waals surface area contributed by atoms with Crippen LogP contribution >= 0.6 is 0 Å². The van der Waals surface area contributed by atoms with Crippen LogP contribution in [0.4, 0.5) is 5.82 Å². The van der Waals surface area contributed by atoms with Crippen molar-refractivity contribution >= 4 is 17.4 Å². The van der Waals surface area contributed by atoms with Crippen LogP contribution in [0.1, 0.15) is 16.1 Å². The molecule has 2 aromatic rings. The van der Waals surface area contributed by atoms with E-state index in [1.54, 1.807) is 13.0 Å². The summed E-state index contributed by atoms with van der Waals surface area (Å²) in [7, 11) is 0. The Morgan fingerprint density at radius 3 is 2.81 bits per heavy atom. The van der Waals surface area contributed by atoms with Gasteiger partial charge in [-0.25, -0.2) is 4.79 Å². The summed E-state index contributed by atoms with van der Waals surface area (Å²) in [6.45, 7) is 1.75. The van der Waals surface area contributed by atoms with E-state index < -0.39 is 22.4 Å². The van der Waals surface area contributed by atoms with Gasteiger partial charge in [0.25, 0.3) is 0 Å². The molecule has 0 amide bonds. The van der Waals surface area contributed by atoms with Crippen LogP contribution in [-0.2, 0) is 0 Å². The van der Waals surface area contributed by atoms with Gasteiger partial charge in [-0.15, -0.1) is 0 Å². The first-order chi connectivity index (χ1) is 7.50. The van der Waals surface area contributed by atoms with Gasteiger partial charge in [0.15, 0.2) is 0 Å². The number of hydrogen-bond donors (Lipinski definition) is 1. The zero-order valence-corrected chi connectivity index (χ0v) is 8.25. The Labute approximate surface area is 89.1 Å². The minimum Gasteiger partial charge on any atom is -0.476 e. The van der Waals surface area contributed by atoms with E-state index in [0.29, 0.717) is 0 Å². The third-order valence-corrected chi connectivity index (χ3v) is 2.12. The number of carbonyl (C=O) groups is 1. The fraction of sp³-hybridized carbons (Fsp3) is 0.111. The van der Waals surface area contributed by atoms with Crippen LogP contribution in [0.3, 0.4) is 0 Å². The predicted molar refractivity (Wildman–Crippen MR) is 53.5 cm³/mol. The number of imidazole rings is 1. The number of aromatic nitrogens is 2. The van der Waals surface area contributed by atoms with Crippen LogP contribution in [0.15, 0.2) is 18.3 Å². The highest BCUT2D eigenvalue weighted by atomic mass is 16.6. The van der Waals surface area contributed by atoms with E-state index in [1.165, 1.54) is 16.7 Å². The fourth-order valence-corrected chi connectivity index (χ4v) is 1.46. The molecule has 0 aliphatic carbocycles. The van der Waals surface area contributed by atoms with Gasteiger partial charge in [0.2, 0.25) is 11.3 Å². The van der Waals surface area contributed by atoms with Gasteiger partial charge in [0.1, 0.15) is 6.20 Å². The summed E-state index contributed by atoms with van der Waals surface area (Å²) in [5, 5.41) is 19.6. The van der Waals surface area contributed by atoms with Gasteiger partial charge in [0, 0.05) is 6.07 Å². The zero-order chi connectivity index (χ0) is 11.9. The third-order valence-electron chi connectivity index (χ3n) is 2.12. The van der Waals surface area contributed by atoms with Gasteiger partial charge >= 0.3 is 11.8 Å². The molecule has 0 aromatic carbocycles. The maximum atomic E-state index is 10.8. The number of pyridine rings is 1. The number of aryl methyl sites for hydroxylation is 1. The van der Waals surface area contributed by atoms with Crippen molar-refractivity contribution in [1.29, 1.82) is 0 Å². The minimum atomic E-state index is -1.41. The molecule has 0 atom stereocenters. The molecule has 0 unspecified atom stereocenters. The number of aromatic carboxylic acids is 1. The minimum absolute atomic E-state index is 0.245. The van der Waals surface area contributed by atoms with E-state index >= 15 is 0 Å². The van der Waals surface area contributed by atoms with Crippen LogP contribution in [0.25, 0.3) is 5.65 Å². The molecule has 7 heteroatoms. The normalized spacial score (nSPS) is 10.6. The predicted octanol–water partition coefficient (Wildman–Crippen LogP) is 1.25. The second-order valence-corrected chi connectivity index (χ2v) is 3.28. The van der Waals surface area contributed by atoms with E-state index in [1.807, 2.05) is 0 Å². The highest BCUT2D eigenvalue weighted by Gasteiger charge is 2.27. The molecule has 2 aromatic heterocycles. The van der Waals surface area contributed by atoms with Gasteiger partial charge in [0.05, 0.1) is 0 Å². The first kappa shape index (κ1) is 10.1. The molecule has 16 heavy (non-hydrogen) atoms.